The molecule has 6 nitrogen and oxygen atoms in total. The van der Waals surface area contributed by atoms with Crippen LogP contribution in [0.15, 0.2) is 53.4 Å². The number of hydrogen-bond acceptors (Lipinski definition) is 5. The molecule has 8 heteroatoms. The van der Waals surface area contributed by atoms with Gasteiger partial charge in [0, 0.05) is 5.02 Å². The van der Waals surface area contributed by atoms with Crippen molar-refractivity contribution in [1.29, 1.82) is 0 Å². The van der Waals surface area contributed by atoms with Crippen molar-refractivity contribution in [3.8, 4) is 5.75 Å². The van der Waals surface area contributed by atoms with E-state index in [1.807, 2.05) is 18.2 Å². The van der Waals surface area contributed by atoms with Gasteiger partial charge < -0.3 is 9.47 Å². The zero-order chi connectivity index (χ0) is 20.9. The maximum Gasteiger partial charge on any atom is 0.316 e. The summed E-state index contributed by atoms with van der Waals surface area (Å²) in [6, 6.07) is 13.2. The molecule has 0 unspecified atom stereocenters. The summed E-state index contributed by atoms with van der Waals surface area (Å²) >= 11 is 6.15. The fourth-order valence-electron chi connectivity index (χ4n) is 3.71. The van der Waals surface area contributed by atoms with Crippen molar-refractivity contribution in [2.45, 2.75) is 42.4 Å². The molecule has 2 aromatic carbocycles. The number of primary sulfonamides is 1. The van der Waals surface area contributed by atoms with E-state index in [0.717, 1.165) is 37.7 Å². The molecule has 2 N–H and O–H groups in total. The van der Waals surface area contributed by atoms with Crippen molar-refractivity contribution in [2.24, 2.45) is 5.14 Å². The van der Waals surface area contributed by atoms with Crippen LogP contribution in [0.4, 0.5) is 0 Å². The number of halogens is 1. The molecule has 0 heterocycles. The van der Waals surface area contributed by atoms with Crippen LogP contribution in [-0.2, 0) is 25.0 Å². The highest BCUT2D eigenvalue weighted by Gasteiger charge is 2.42. The van der Waals surface area contributed by atoms with Crippen LogP contribution in [0.5, 0.6) is 5.75 Å². The van der Waals surface area contributed by atoms with Crippen LogP contribution in [0, 0.1) is 0 Å². The Kier molecular flexibility index (Phi) is 6.82. The molecule has 3 rings (SSSR count). The lowest BCUT2D eigenvalue weighted by molar-refractivity contribution is -0.153. The number of rotatable bonds is 7. The Labute approximate surface area is 176 Å². The van der Waals surface area contributed by atoms with Crippen LogP contribution in [0.2, 0.25) is 5.02 Å². The molecule has 0 saturated heterocycles. The first-order valence-corrected chi connectivity index (χ1v) is 11.4. The van der Waals surface area contributed by atoms with Gasteiger partial charge in [0.15, 0.2) is 0 Å². The van der Waals surface area contributed by atoms with Crippen molar-refractivity contribution in [3.05, 3.63) is 59.1 Å². The fourth-order valence-corrected chi connectivity index (χ4v) is 4.42. The van der Waals surface area contributed by atoms with E-state index in [4.69, 9.17) is 26.2 Å². The van der Waals surface area contributed by atoms with Crippen LogP contribution in [-0.4, -0.2) is 27.6 Å². The zero-order valence-electron chi connectivity index (χ0n) is 16.0. The molecular formula is C21H24ClNO5S. The molecule has 0 spiro atoms. The van der Waals surface area contributed by atoms with Crippen LogP contribution < -0.4 is 9.88 Å². The molecule has 0 amide bonds. The first-order chi connectivity index (χ1) is 13.8. The molecule has 2 aromatic rings. The smallest absolute Gasteiger partial charge is 0.316 e. The predicted octanol–water partition coefficient (Wildman–Crippen LogP) is 3.81. The van der Waals surface area contributed by atoms with Gasteiger partial charge in [0.2, 0.25) is 10.0 Å². The SMILES string of the molecule is NS(=O)(=O)c1ccc(OCCOC(=O)C2(c3cccc(Cl)c3)CCCCC2)cc1. The second-order valence-corrected chi connectivity index (χ2v) is 9.15. The van der Waals surface area contributed by atoms with E-state index in [1.165, 1.54) is 24.3 Å². The third kappa shape index (κ3) is 5.29. The Hall–Kier alpha value is -2.09. The van der Waals surface area contributed by atoms with Crippen LogP contribution in [0.1, 0.15) is 37.7 Å². The summed E-state index contributed by atoms with van der Waals surface area (Å²) in [6.07, 6.45) is 4.51. The third-order valence-electron chi connectivity index (χ3n) is 5.21. The fraction of sp³-hybridized carbons (Fsp3) is 0.381. The third-order valence-corrected chi connectivity index (χ3v) is 6.38. The van der Waals surface area contributed by atoms with E-state index in [2.05, 4.69) is 0 Å². The van der Waals surface area contributed by atoms with Gasteiger partial charge in [-0.1, -0.05) is 43.0 Å². The summed E-state index contributed by atoms with van der Waals surface area (Å²) in [4.78, 5) is 13.0. The van der Waals surface area contributed by atoms with Gasteiger partial charge in [0.05, 0.1) is 10.3 Å². The van der Waals surface area contributed by atoms with E-state index in [1.54, 1.807) is 6.07 Å². The van der Waals surface area contributed by atoms with Gasteiger partial charge in [-0.05, 0) is 54.8 Å². The van der Waals surface area contributed by atoms with Gasteiger partial charge >= 0.3 is 5.97 Å². The summed E-state index contributed by atoms with van der Waals surface area (Å²) in [6.45, 7) is 0.254. The molecule has 0 bridgehead atoms. The minimum atomic E-state index is -3.74. The standard InChI is InChI=1S/C21H24ClNO5S/c22-17-6-4-5-16(15-17)21(11-2-1-3-12-21)20(24)28-14-13-27-18-7-9-19(10-8-18)29(23,25)26/h4-10,15H,1-3,11-14H2,(H2,23,25,26). The van der Waals surface area contributed by atoms with Crippen molar-refractivity contribution in [3.63, 3.8) is 0 Å². The molecule has 1 fully saturated rings. The molecule has 0 aromatic heterocycles. The van der Waals surface area contributed by atoms with Crippen LogP contribution in [0.3, 0.4) is 0 Å². The highest BCUT2D eigenvalue weighted by atomic mass is 35.5. The molecule has 1 saturated carbocycles. The van der Waals surface area contributed by atoms with Crippen molar-refractivity contribution in [1.82, 2.24) is 0 Å². The molecule has 29 heavy (non-hydrogen) atoms. The number of carbonyl (C=O) groups excluding carboxylic acids is 1. The lowest BCUT2D eigenvalue weighted by Crippen LogP contribution is -2.40. The topological polar surface area (TPSA) is 95.7 Å². The van der Waals surface area contributed by atoms with Crippen molar-refractivity contribution >= 4 is 27.6 Å². The predicted molar refractivity (Wildman–Crippen MR) is 110 cm³/mol. The molecule has 0 aliphatic heterocycles. The maximum atomic E-state index is 13.0. The molecule has 1 aliphatic rings. The van der Waals surface area contributed by atoms with E-state index in [-0.39, 0.29) is 24.1 Å². The number of benzene rings is 2. The highest BCUT2D eigenvalue weighted by molar-refractivity contribution is 7.89. The van der Waals surface area contributed by atoms with Gasteiger partial charge in [0.1, 0.15) is 19.0 Å². The Morgan fingerprint density at radius 2 is 1.72 bits per heavy atom. The van der Waals surface area contributed by atoms with E-state index < -0.39 is 15.4 Å². The quantitative estimate of drug-likeness (QED) is 0.524. The Morgan fingerprint density at radius 1 is 1.03 bits per heavy atom. The summed E-state index contributed by atoms with van der Waals surface area (Å²) < 4.78 is 33.6. The number of sulfonamides is 1. The lowest BCUT2D eigenvalue weighted by atomic mass is 9.69. The minimum Gasteiger partial charge on any atom is -0.490 e. The Balaban J connectivity index is 1.59. The normalized spacial score (nSPS) is 16.2. The van der Waals surface area contributed by atoms with E-state index >= 15 is 0 Å². The first kappa shape index (κ1) is 21.6. The number of nitrogens with two attached hydrogens (primary N) is 1. The molecular weight excluding hydrogens is 414 g/mol. The summed E-state index contributed by atoms with van der Waals surface area (Å²) in [5, 5.41) is 5.67. The molecule has 1 aliphatic carbocycles. The Morgan fingerprint density at radius 3 is 2.34 bits per heavy atom. The number of carbonyl (C=O) groups is 1. The molecule has 0 radical (unpaired) electrons. The van der Waals surface area contributed by atoms with Gasteiger partial charge in [-0.25, -0.2) is 13.6 Å². The number of esters is 1. The average molecular weight is 438 g/mol. The average Bonchev–Trinajstić information content (AvgIpc) is 2.71. The largest absolute Gasteiger partial charge is 0.490 e. The Bertz CT molecular complexity index is 953. The van der Waals surface area contributed by atoms with Crippen molar-refractivity contribution < 1.29 is 22.7 Å². The second-order valence-electron chi connectivity index (χ2n) is 7.15. The lowest BCUT2D eigenvalue weighted by Gasteiger charge is -2.35. The minimum absolute atomic E-state index is 0.0111. The second kappa shape index (κ2) is 9.15. The van der Waals surface area contributed by atoms with Gasteiger partial charge in [-0.2, -0.15) is 0 Å². The maximum absolute atomic E-state index is 13.0. The summed E-state index contributed by atoms with van der Waals surface area (Å²) in [5.74, 6) is 0.211. The van der Waals surface area contributed by atoms with E-state index in [0.29, 0.717) is 10.8 Å². The van der Waals surface area contributed by atoms with E-state index in [9.17, 15) is 13.2 Å². The van der Waals surface area contributed by atoms with Crippen molar-refractivity contribution in [2.75, 3.05) is 13.2 Å². The summed E-state index contributed by atoms with van der Waals surface area (Å²) in [5.41, 5.74) is 0.231. The molecule has 156 valence electrons. The van der Waals surface area contributed by atoms with Crippen LogP contribution in [0.25, 0.3) is 0 Å². The highest BCUT2D eigenvalue weighted by Crippen LogP contribution is 2.41. The van der Waals surface area contributed by atoms with Gasteiger partial charge in [-0.3, -0.25) is 4.79 Å². The van der Waals surface area contributed by atoms with Crippen LogP contribution >= 0.6 is 11.6 Å². The molecule has 0 atom stereocenters. The summed E-state index contributed by atoms with van der Waals surface area (Å²) in [7, 11) is -3.74. The van der Waals surface area contributed by atoms with Gasteiger partial charge in [-0.15, -0.1) is 0 Å². The van der Waals surface area contributed by atoms with Gasteiger partial charge in [0.25, 0.3) is 0 Å². The zero-order valence-corrected chi connectivity index (χ0v) is 17.5. The number of ether oxygens (including phenoxy) is 2. The monoisotopic (exact) mass is 437 g/mol. The first-order valence-electron chi connectivity index (χ1n) is 9.50. The number of hydrogen-bond donors (Lipinski definition) is 1.